The van der Waals surface area contributed by atoms with Gasteiger partial charge in [0, 0.05) is 32.0 Å². The van der Waals surface area contributed by atoms with Crippen LogP contribution in [0.1, 0.15) is 18.4 Å². The van der Waals surface area contributed by atoms with Crippen molar-refractivity contribution >= 4 is 32.2 Å². The van der Waals surface area contributed by atoms with Gasteiger partial charge in [0.15, 0.2) is 10.9 Å². The van der Waals surface area contributed by atoms with Crippen LogP contribution < -0.4 is 10.5 Å². The lowest BCUT2D eigenvalue weighted by Gasteiger charge is -2.37. The molecule has 12 heteroatoms. The lowest BCUT2D eigenvalue weighted by atomic mass is 10.0. The maximum Gasteiger partial charge on any atom is 0.416 e. The highest BCUT2D eigenvalue weighted by Gasteiger charge is 2.40. The summed E-state index contributed by atoms with van der Waals surface area (Å²) < 4.78 is 50.2. The number of halogens is 3. The molecule has 1 spiro atoms. The zero-order valence-electron chi connectivity index (χ0n) is 14.3. The highest BCUT2D eigenvalue weighted by molar-refractivity contribution is 7.22. The molecule has 0 radical (unpaired) electrons. The predicted molar refractivity (Wildman–Crippen MR) is 93.6 cm³/mol. The van der Waals surface area contributed by atoms with E-state index in [0.29, 0.717) is 51.3 Å². The fourth-order valence-electron chi connectivity index (χ4n) is 3.40. The van der Waals surface area contributed by atoms with Gasteiger partial charge in [0.05, 0.1) is 29.1 Å². The third-order valence-electron chi connectivity index (χ3n) is 4.82. The quantitative estimate of drug-likeness (QED) is 0.548. The number of benzene rings is 1. The summed E-state index contributed by atoms with van der Waals surface area (Å²) in [5.74, 6) is -0.647. The molecule has 0 unspecified atom stereocenters. The van der Waals surface area contributed by atoms with E-state index >= 15 is 0 Å². The Kier molecular flexibility index (Phi) is 4.51. The van der Waals surface area contributed by atoms with Crippen molar-refractivity contribution in [3.63, 3.8) is 0 Å². The van der Waals surface area contributed by atoms with Crippen molar-refractivity contribution in [1.82, 2.24) is 4.98 Å². The second kappa shape index (κ2) is 6.64. The smallest absolute Gasteiger partial charge is 0.348 e. The zero-order chi connectivity index (χ0) is 20.1. The van der Waals surface area contributed by atoms with Gasteiger partial charge in [-0.1, -0.05) is 11.3 Å². The summed E-state index contributed by atoms with van der Waals surface area (Å²) in [7, 11) is 0. The fraction of sp³-hybridized carbons (Fsp3) is 0.500. The first kappa shape index (κ1) is 19.0. The number of nitrogens with zero attached hydrogens (tertiary/aromatic N) is 3. The first-order valence-electron chi connectivity index (χ1n) is 8.42. The fourth-order valence-corrected chi connectivity index (χ4v) is 4.52. The van der Waals surface area contributed by atoms with Gasteiger partial charge in [-0.05, 0) is 6.07 Å². The van der Waals surface area contributed by atoms with Crippen LogP contribution in [0.5, 0.6) is 0 Å². The van der Waals surface area contributed by atoms with Crippen LogP contribution in [0.15, 0.2) is 16.9 Å². The number of anilines is 1. The lowest BCUT2D eigenvalue weighted by Crippen LogP contribution is -2.45. The van der Waals surface area contributed by atoms with E-state index in [1.54, 1.807) is 4.90 Å². The van der Waals surface area contributed by atoms with Gasteiger partial charge in [-0.2, -0.15) is 18.2 Å². The average Bonchev–Trinajstić information content (AvgIpc) is 3.08. The molecule has 4 rings (SSSR count). The van der Waals surface area contributed by atoms with E-state index in [0.717, 1.165) is 11.3 Å². The Morgan fingerprint density at radius 1 is 1.21 bits per heavy atom. The number of hydrogen-bond donors (Lipinski definition) is 0. The minimum Gasteiger partial charge on any atom is -0.348 e. The van der Waals surface area contributed by atoms with Gasteiger partial charge in [-0.15, -0.1) is 0 Å². The summed E-state index contributed by atoms with van der Waals surface area (Å²) >= 11 is 0.837. The molecule has 8 nitrogen and oxygen atoms in total. The summed E-state index contributed by atoms with van der Waals surface area (Å²) in [5.41, 5.74) is -2.93. The minimum absolute atomic E-state index is 0.123. The molecular weight excluding hydrogens is 403 g/mol. The molecule has 2 aromatic rings. The van der Waals surface area contributed by atoms with Crippen molar-refractivity contribution in [3.8, 4) is 0 Å². The van der Waals surface area contributed by atoms with Crippen LogP contribution in [0.25, 0.3) is 10.1 Å². The van der Waals surface area contributed by atoms with E-state index in [2.05, 4.69) is 4.98 Å². The van der Waals surface area contributed by atoms with Gasteiger partial charge in [0.25, 0.3) is 11.2 Å². The first-order chi connectivity index (χ1) is 13.2. The average molecular weight is 417 g/mol. The number of aromatic nitrogens is 1. The second-order valence-electron chi connectivity index (χ2n) is 6.52. The Bertz CT molecular complexity index is 993. The van der Waals surface area contributed by atoms with Crippen LogP contribution in [0.2, 0.25) is 0 Å². The standard InChI is InChI=1S/C16H14F3N3O5S/c17-16(18,19)9-7-10-12(11(8-9)22(24)25)28-14(20-13(10)23)21-3-1-15(2-4-21)26-5-6-27-15/h7-8H,1-6H2. The Balaban J connectivity index is 1.75. The number of nitro benzene ring substituents is 1. The molecule has 28 heavy (non-hydrogen) atoms. The van der Waals surface area contributed by atoms with Crippen LogP contribution in [-0.2, 0) is 15.7 Å². The molecule has 0 bridgehead atoms. The van der Waals surface area contributed by atoms with Crippen molar-refractivity contribution in [2.45, 2.75) is 24.8 Å². The van der Waals surface area contributed by atoms with E-state index in [-0.39, 0.29) is 9.83 Å². The monoisotopic (exact) mass is 417 g/mol. The summed E-state index contributed by atoms with van der Waals surface area (Å²) in [4.78, 5) is 28.4. The van der Waals surface area contributed by atoms with Gasteiger partial charge in [0.2, 0.25) is 0 Å². The Labute approximate surface area is 159 Å². The third kappa shape index (κ3) is 3.31. The lowest BCUT2D eigenvalue weighted by molar-refractivity contribution is -0.383. The van der Waals surface area contributed by atoms with Gasteiger partial charge in [0.1, 0.15) is 4.70 Å². The van der Waals surface area contributed by atoms with E-state index < -0.39 is 39.1 Å². The first-order valence-corrected chi connectivity index (χ1v) is 9.24. The molecule has 0 N–H and O–H groups in total. The summed E-state index contributed by atoms with van der Waals surface area (Å²) in [5, 5.41) is 11.2. The Morgan fingerprint density at radius 2 is 1.86 bits per heavy atom. The molecule has 2 saturated heterocycles. The van der Waals surface area contributed by atoms with Crippen molar-refractivity contribution in [1.29, 1.82) is 0 Å². The molecule has 2 fully saturated rings. The number of piperidine rings is 1. The summed E-state index contributed by atoms with van der Waals surface area (Å²) in [6, 6.07) is 1.07. The molecule has 0 amide bonds. The third-order valence-corrected chi connectivity index (χ3v) is 5.99. The van der Waals surface area contributed by atoms with E-state index in [1.165, 1.54) is 0 Å². The maximum absolute atomic E-state index is 13.0. The predicted octanol–water partition coefficient (Wildman–Crippen LogP) is 2.93. The second-order valence-corrected chi connectivity index (χ2v) is 7.50. The number of alkyl halides is 3. The SMILES string of the molecule is O=c1nc(N2CCC3(CC2)OCCO3)sc2c([N+](=O)[O-])cc(C(F)(F)F)cc12. The van der Waals surface area contributed by atoms with Gasteiger partial charge in [-0.25, -0.2) is 0 Å². The van der Waals surface area contributed by atoms with Crippen molar-refractivity contribution in [2.75, 3.05) is 31.2 Å². The molecule has 3 heterocycles. The van der Waals surface area contributed by atoms with Crippen molar-refractivity contribution < 1.29 is 27.6 Å². The highest BCUT2D eigenvalue weighted by atomic mass is 32.1. The number of rotatable bonds is 2. The van der Waals surface area contributed by atoms with Gasteiger partial charge >= 0.3 is 6.18 Å². The van der Waals surface area contributed by atoms with Gasteiger partial charge in [-0.3, -0.25) is 14.9 Å². The molecular formula is C16H14F3N3O5S. The minimum atomic E-state index is -4.81. The van der Waals surface area contributed by atoms with Crippen molar-refractivity contribution in [3.05, 3.63) is 38.2 Å². The van der Waals surface area contributed by atoms with Crippen LogP contribution in [0.4, 0.5) is 24.0 Å². The number of nitro groups is 1. The normalized spacial score (nSPS) is 19.5. The number of non-ortho nitro benzene ring substituents is 1. The van der Waals surface area contributed by atoms with E-state index in [9.17, 15) is 28.1 Å². The van der Waals surface area contributed by atoms with Gasteiger partial charge < -0.3 is 14.4 Å². The highest BCUT2D eigenvalue weighted by Crippen LogP contribution is 2.39. The number of fused-ring (bicyclic) bond motifs is 1. The summed E-state index contributed by atoms with van der Waals surface area (Å²) in [6.07, 6.45) is -3.75. The van der Waals surface area contributed by atoms with Crippen LogP contribution in [-0.4, -0.2) is 42.0 Å². The Hall–Kier alpha value is -2.31. The Morgan fingerprint density at radius 3 is 2.43 bits per heavy atom. The number of ether oxygens (including phenoxy) is 2. The molecule has 0 atom stereocenters. The topological polar surface area (TPSA) is 94.8 Å². The molecule has 1 aromatic carbocycles. The van der Waals surface area contributed by atoms with Crippen LogP contribution >= 0.6 is 11.3 Å². The molecule has 150 valence electrons. The molecule has 0 aliphatic carbocycles. The van der Waals surface area contributed by atoms with Crippen molar-refractivity contribution in [2.24, 2.45) is 0 Å². The van der Waals surface area contributed by atoms with E-state index in [4.69, 9.17) is 9.47 Å². The molecule has 0 saturated carbocycles. The van der Waals surface area contributed by atoms with Crippen LogP contribution in [0.3, 0.4) is 0 Å². The molecule has 2 aliphatic rings. The molecule has 1 aromatic heterocycles. The maximum atomic E-state index is 13.0. The molecule has 2 aliphatic heterocycles. The van der Waals surface area contributed by atoms with Crippen LogP contribution in [0, 0.1) is 10.1 Å². The zero-order valence-corrected chi connectivity index (χ0v) is 15.1. The van der Waals surface area contributed by atoms with E-state index in [1.807, 2.05) is 0 Å². The largest absolute Gasteiger partial charge is 0.416 e. The number of hydrogen-bond acceptors (Lipinski definition) is 8. The summed E-state index contributed by atoms with van der Waals surface area (Å²) in [6.45, 7) is 1.91.